The average molecular weight is 253 g/mol. The van der Waals surface area contributed by atoms with E-state index in [1.54, 1.807) is 13.2 Å². The topological polar surface area (TPSA) is 102 Å². The molecule has 100 valence electrons. The Morgan fingerprint density at radius 1 is 1.39 bits per heavy atom. The fraction of sp³-hybridized carbons (Fsp3) is 0.545. The highest BCUT2D eigenvalue weighted by Crippen LogP contribution is 2.06. The quantitative estimate of drug-likeness (QED) is 0.580. The predicted molar refractivity (Wildman–Crippen MR) is 67.8 cm³/mol. The molecule has 18 heavy (non-hydrogen) atoms. The summed E-state index contributed by atoms with van der Waals surface area (Å²) in [5.41, 5.74) is 5.94. The van der Waals surface area contributed by atoms with Crippen LogP contribution < -0.4 is 16.4 Å². The van der Waals surface area contributed by atoms with E-state index in [9.17, 15) is 9.59 Å². The molecule has 2 amide bonds. The Balaban J connectivity index is 2.38. The van der Waals surface area contributed by atoms with Crippen LogP contribution in [0.3, 0.4) is 0 Å². The lowest BCUT2D eigenvalue weighted by atomic mass is 10.2. The molecule has 4 N–H and O–H groups in total. The van der Waals surface area contributed by atoms with Gasteiger partial charge in [-0.15, -0.1) is 0 Å². The minimum atomic E-state index is -0.140. The van der Waals surface area contributed by atoms with Gasteiger partial charge in [-0.3, -0.25) is 14.3 Å². The van der Waals surface area contributed by atoms with Crippen molar-refractivity contribution >= 4 is 17.5 Å². The summed E-state index contributed by atoms with van der Waals surface area (Å²) >= 11 is 0. The second-order valence-electron chi connectivity index (χ2n) is 3.89. The van der Waals surface area contributed by atoms with E-state index in [0.29, 0.717) is 18.7 Å². The first-order chi connectivity index (χ1) is 8.65. The summed E-state index contributed by atoms with van der Waals surface area (Å²) in [5.74, 6) is -0.207. The fourth-order valence-corrected chi connectivity index (χ4v) is 1.39. The number of hydrogen-bond donors (Lipinski definition) is 3. The van der Waals surface area contributed by atoms with Crippen molar-refractivity contribution in [2.75, 3.05) is 18.9 Å². The number of rotatable bonds is 7. The number of nitrogens with one attached hydrogen (secondary N) is 2. The van der Waals surface area contributed by atoms with E-state index in [0.717, 1.165) is 12.8 Å². The van der Waals surface area contributed by atoms with Crippen molar-refractivity contribution < 1.29 is 9.59 Å². The van der Waals surface area contributed by atoms with E-state index < -0.39 is 0 Å². The Morgan fingerprint density at radius 3 is 2.83 bits per heavy atom. The van der Waals surface area contributed by atoms with E-state index in [4.69, 9.17) is 5.73 Å². The van der Waals surface area contributed by atoms with Gasteiger partial charge in [0.1, 0.15) is 6.54 Å². The first-order valence-corrected chi connectivity index (χ1v) is 5.88. The molecule has 0 aromatic carbocycles. The molecule has 0 saturated carbocycles. The normalized spacial score (nSPS) is 10.1. The van der Waals surface area contributed by atoms with Gasteiger partial charge in [0, 0.05) is 19.7 Å². The van der Waals surface area contributed by atoms with Crippen molar-refractivity contribution in [1.29, 1.82) is 0 Å². The lowest BCUT2D eigenvalue weighted by Gasteiger charge is -2.01. The summed E-state index contributed by atoms with van der Waals surface area (Å²) in [5, 5.41) is 9.19. The molecule has 1 aromatic rings. The average Bonchev–Trinajstić information content (AvgIpc) is 2.76. The van der Waals surface area contributed by atoms with Gasteiger partial charge < -0.3 is 16.4 Å². The SMILES string of the molecule is CNC(=O)Cn1cc(NC(=O)CCCCN)cn1. The van der Waals surface area contributed by atoms with Crippen molar-refractivity contribution in [3.05, 3.63) is 12.4 Å². The molecule has 0 saturated heterocycles. The van der Waals surface area contributed by atoms with E-state index in [1.165, 1.54) is 10.9 Å². The van der Waals surface area contributed by atoms with Crippen LogP contribution in [0, 0.1) is 0 Å². The van der Waals surface area contributed by atoms with Gasteiger partial charge in [0.15, 0.2) is 0 Å². The molecule has 0 unspecified atom stereocenters. The fourth-order valence-electron chi connectivity index (χ4n) is 1.39. The van der Waals surface area contributed by atoms with Crippen LogP contribution in [0.25, 0.3) is 0 Å². The van der Waals surface area contributed by atoms with Crippen LogP contribution in [0.2, 0.25) is 0 Å². The Morgan fingerprint density at radius 2 is 2.17 bits per heavy atom. The van der Waals surface area contributed by atoms with Gasteiger partial charge >= 0.3 is 0 Å². The number of aromatic nitrogens is 2. The van der Waals surface area contributed by atoms with E-state index in [1.807, 2.05) is 0 Å². The van der Waals surface area contributed by atoms with Crippen LogP contribution in [0.15, 0.2) is 12.4 Å². The Hall–Kier alpha value is -1.89. The third-order valence-corrected chi connectivity index (χ3v) is 2.36. The molecule has 1 heterocycles. The molecule has 0 fully saturated rings. The number of likely N-dealkylation sites (N-methyl/N-ethyl adjacent to an activating group) is 1. The maximum Gasteiger partial charge on any atom is 0.241 e. The number of amides is 2. The third-order valence-electron chi connectivity index (χ3n) is 2.36. The molecule has 7 heteroatoms. The lowest BCUT2D eigenvalue weighted by Crippen LogP contribution is -2.23. The van der Waals surface area contributed by atoms with Crippen LogP contribution in [0.1, 0.15) is 19.3 Å². The molecule has 0 spiro atoms. The van der Waals surface area contributed by atoms with Crippen LogP contribution in [-0.4, -0.2) is 35.2 Å². The van der Waals surface area contributed by atoms with Crippen LogP contribution in [0.5, 0.6) is 0 Å². The second-order valence-corrected chi connectivity index (χ2v) is 3.89. The molecule has 0 atom stereocenters. The van der Waals surface area contributed by atoms with Crippen molar-refractivity contribution in [3.8, 4) is 0 Å². The van der Waals surface area contributed by atoms with Crippen molar-refractivity contribution in [3.63, 3.8) is 0 Å². The molecule has 1 rings (SSSR count). The van der Waals surface area contributed by atoms with Gasteiger partial charge in [0.2, 0.25) is 11.8 Å². The summed E-state index contributed by atoms with van der Waals surface area (Å²) in [6, 6.07) is 0. The standard InChI is InChI=1S/C11H19N5O2/c1-13-11(18)8-16-7-9(6-14-16)15-10(17)4-2-3-5-12/h6-7H,2-5,8,12H2,1H3,(H,13,18)(H,15,17). The number of anilines is 1. The maximum absolute atomic E-state index is 11.5. The van der Waals surface area contributed by atoms with Gasteiger partial charge in [-0.1, -0.05) is 0 Å². The summed E-state index contributed by atoms with van der Waals surface area (Å²) in [6.45, 7) is 0.733. The smallest absolute Gasteiger partial charge is 0.241 e. The summed E-state index contributed by atoms with van der Waals surface area (Å²) in [7, 11) is 1.56. The van der Waals surface area contributed by atoms with E-state index >= 15 is 0 Å². The number of carbonyl (C=O) groups excluding carboxylic acids is 2. The minimum Gasteiger partial charge on any atom is -0.358 e. The van der Waals surface area contributed by atoms with Gasteiger partial charge in [0.25, 0.3) is 0 Å². The second kappa shape index (κ2) is 7.44. The first-order valence-electron chi connectivity index (χ1n) is 5.88. The van der Waals surface area contributed by atoms with Gasteiger partial charge in [0.05, 0.1) is 11.9 Å². The van der Waals surface area contributed by atoms with Crippen LogP contribution in [-0.2, 0) is 16.1 Å². The molecule has 0 aliphatic rings. The zero-order chi connectivity index (χ0) is 13.4. The van der Waals surface area contributed by atoms with E-state index in [2.05, 4.69) is 15.7 Å². The molecule has 1 aromatic heterocycles. The minimum absolute atomic E-state index is 0.0667. The zero-order valence-electron chi connectivity index (χ0n) is 10.5. The van der Waals surface area contributed by atoms with Gasteiger partial charge in [-0.2, -0.15) is 5.10 Å². The van der Waals surface area contributed by atoms with Crippen molar-refractivity contribution in [2.45, 2.75) is 25.8 Å². The first kappa shape index (κ1) is 14.2. The van der Waals surface area contributed by atoms with E-state index in [-0.39, 0.29) is 18.4 Å². The molecule has 0 bridgehead atoms. The van der Waals surface area contributed by atoms with Crippen LogP contribution in [0.4, 0.5) is 5.69 Å². The molecular weight excluding hydrogens is 234 g/mol. The number of hydrogen-bond acceptors (Lipinski definition) is 4. The summed E-state index contributed by atoms with van der Waals surface area (Å²) in [6.07, 6.45) is 5.19. The monoisotopic (exact) mass is 253 g/mol. The number of unbranched alkanes of at least 4 members (excludes halogenated alkanes) is 1. The van der Waals surface area contributed by atoms with Crippen LogP contribution >= 0.6 is 0 Å². The summed E-state index contributed by atoms with van der Waals surface area (Å²) in [4.78, 5) is 22.6. The molecule has 0 aliphatic heterocycles. The van der Waals surface area contributed by atoms with Crippen molar-refractivity contribution in [1.82, 2.24) is 15.1 Å². The highest BCUT2D eigenvalue weighted by atomic mass is 16.2. The lowest BCUT2D eigenvalue weighted by molar-refractivity contribution is -0.121. The highest BCUT2D eigenvalue weighted by Gasteiger charge is 2.06. The number of nitrogens with two attached hydrogens (primary N) is 1. The maximum atomic E-state index is 11.5. The Bertz CT molecular complexity index is 402. The largest absolute Gasteiger partial charge is 0.358 e. The highest BCUT2D eigenvalue weighted by molar-refractivity contribution is 5.90. The Kier molecular flexibility index (Phi) is 5.86. The predicted octanol–water partition coefficient (Wildman–Crippen LogP) is -0.303. The Labute approximate surface area is 106 Å². The number of carbonyl (C=O) groups is 2. The zero-order valence-corrected chi connectivity index (χ0v) is 10.5. The van der Waals surface area contributed by atoms with Crippen molar-refractivity contribution in [2.24, 2.45) is 5.73 Å². The van der Waals surface area contributed by atoms with Gasteiger partial charge in [-0.25, -0.2) is 0 Å². The molecule has 7 nitrogen and oxygen atoms in total. The summed E-state index contributed by atoms with van der Waals surface area (Å²) < 4.78 is 1.47. The molecule has 0 radical (unpaired) electrons. The van der Waals surface area contributed by atoms with Gasteiger partial charge in [-0.05, 0) is 19.4 Å². The third kappa shape index (κ3) is 4.96. The number of nitrogens with zero attached hydrogens (tertiary/aromatic N) is 2. The molecule has 0 aliphatic carbocycles. The molecular formula is C11H19N5O2.